The number of aromatic nitrogens is 2. The van der Waals surface area contributed by atoms with E-state index in [4.69, 9.17) is 0 Å². The van der Waals surface area contributed by atoms with E-state index in [1.807, 2.05) is 9.47 Å². The van der Waals surface area contributed by atoms with Crippen LogP contribution in [0.15, 0.2) is 53.9 Å². The van der Waals surface area contributed by atoms with Gasteiger partial charge in [-0.15, -0.1) is 0 Å². The zero-order chi connectivity index (χ0) is 18.2. The van der Waals surface area contributed by atoms with Crippen LogP contribution in [0, 0.1) is 0 Å². The van der Waals surface area contributed by atoms with Crippen molar-refractivity contribution in [2.24, 2.45) is 0 Å². The highest BCUT2D eigenvalue weighted by molar-refractivity contribution is 7.89. The number of sulfonamides is 1. The third-order valence-corrected chi connectivity index (χ3v) is 7.38. The summed E-state index contributed by atoms with van der Waals surface area (Å²) in [7, 11) is -3.54. The second kappa shape index (κ2) is 6.51. The number of carbonyl (C=O) groups is 1. The standard InChI is InChI=1S/C18H22N4O3S/c23-17(20-10-4-11-20)18(21-14-9-19-15-21)7-12-22(13-8-18)26(24,25)16-5-2-1-3-6-16/h1-3,5-6,9,14-15H,4,7-8,10-13H2. The Bertz CT molecular complexity index is 868. The van der Waals surface area contributed by atoms with Crippen molar-refractivity contribution in [2.75, 3.05) is 26.2 Å². The van der Waals surface area contributed by atoms with Crippen LogP contribution in [0.4, 0.5) is 0 Å². The van der Waals surface area contributed by atoms with Gasteiger partial charge >= 0.3 is 0 Å². The smallest absolute Gasteiger partial charge is 0.248 e. The van der Waals surface area contributed by atoms with Gasteiger partial charge in [0, 0.05) is 38.6 Å². The molecule has 2 saturated heterocycles. The predicted molar refractivity (Wildman–Crippen MR) is 95.8 cm³/mol. The quantitative estimate of drug-likeness (QED) is 0.808. The van der Waals surface area contributed by atoms with Crippen molar-refractivity contribution in [1.29, 1.82) is 0 Å². The number of amides is 1. The average molecular weight is 374 g/mol. The Hall–Kier alpha value is -2.19. The first-order valence-electron chi connectivity index (χ1n) is 8.87. The third-order valence-electron chi connectivity index (χ3n) is 5.47. The predicted octanol–water partition coefficient (Wildman–Crippen LogP) is 1.30. The minimum atomic E-state index is -3.54. The molecule has 2 aliphatic rings. The van der Waals surface area contributed by atoms with Gasteiger partial charge in [-0.2, -0.15) is 4.31 Å². The first-order valence-corrected chi connectivity index (χ1v) is 10.3. The first-order chi connectivity index (χ1) is 12.5. The van der Waals surface area contributed by atoms with Crippen LogP contribution in [0.2, 0.25) is 0 Å². The van der Waals surface area contributed by atoms with Crippen LogP contribution in [0.25, 0.3) is 0 Å². The van der Waals surface area contributed by atoms with E-state index in [0.29, 0.717) is 30.8 Å². The summed E-state index contributed by atoms with van der Waals surface area (Å²) in [5, 5.41) is 0. The summed E-state index contributed by atoms with van der Waals surface area (Å²) in [4.78, 5) is 19.4. The van der Waals surface area contributed by atoms with E-state index in [9.17, 15) is 13.2 Å². The van der Waals surface area contributed by atoms with Crippen LogP contribution >= 0.6 is 0 Å². The number of benzene rings is 1. The Balaban J connectivity index is 1.59. The number of rotatable bonds is 4. The molecule has 0 atom stereocenters. The number of hydrogen-bond donors (Lipinski definition) is 0. The van der Waals surface area contributed by atoms with Gasteiger partial charge in [0.05, 0.1) is 11.2 Å². The summed E-state index contributed by atoms with van der Waals surface area (Å²) >= 11 is 0. The SMILES string of the molecule is O=C(N1CCC1)C1(n2ccnc2)CCN(S(=O)(=O)c2ccccc2)CC1. The zero-order valence-electron chi connectivity index (χ0n) is 14.5. The lowest BCUT2D eigenvalue weighted by molar-refractivity contribution is -0.146. The van der Waals surface area contributed by atoms with E-state index < -0.39 is 15.6 Å². The third kappa shape index (κ3) is 2.73. The molecule has 0 saturated carbocycles. The molecule has 26 heavy (non-hydrogen) atoms. The summed E-state index contributed by atoms with van der Waals surface area (Å²) in [5.74, 6) is 0.0820. The van der Waals surface area contributed by atoms with Crippen molar-refractivity contribution in [3.05, 3.63) is 49.1 Å². The van der Waals surface area contributed by atoms with Gasteiger partial charge in [0.1, 0.15) is 5.54 Å². The Morgan fingerprint density at radius 2 is 1.73 bits per heavy atom. The van der Waals surface area contributed by atoms with E-state index in [-0.39, 0.29) is 5.91 Å². The van der Waals surface area contributed by atoms with Crippen molar-refractivity contribution >= 4 is 15.9 Å². The Morgan fingerprint density at radius 1 is 1.04 bits per heavy atom. The largest absolute Gasteiger partial charge is 0.341 e. The molecule has 1 aromatic carbocycles. The molecule has 0 unspecified atom stereocenters. The number of imidazole rings is 1. The molecule has 2 fully saturated rings. The molecule has 7 nitrogen and oxygen atoms in total. The molecule has 0 bridgehead atoms. The summed E-state index contributed by atoms with van der Waals surface area (Å²) in [6.07, 6.45) is 7.06. The summed E-state index contributed by atoms with van der Waals surface area (Å²) < 4.78 is 29.1. The molecular formula is C18H22N4O3S. The minimum Gasteiger partial charge on any atom is -0.341 e. The van der Waals surface area contributed by atoms with Crippen LogP contribution in [0.3, 0.4) is 0 Å². The maximum Gasteiger partial charge on any atom is 0.248 e. The van der Waals surface area contributed by atoms with E-state index in [2.05, 4.69) is 4.98 Å². The van der Waals surface area contributed by atoms with Gasteiger partial charge in [0.15, 0.2) is 0 Å². The average Bonchev–Trinajstić information content (AvgIpc) is 3.16. The molecular weight excluding hydrogens is 352 g/mol. The molecule has 8 heteroatoms. The summed E-state index contributed by atoms with van der Waals surface area (Å²) in [5.41, 5.74) is -0.736. The number of hydrogen-bond acceptors (Lipinski definition) is 4. The highest BCUT2D eigenvalue weighted by atomic mass is 32.2. The summed E-state index contributed by atoms with van der Waals surface area (Å²) in [6, 6.07) is 8.46. The fourth-order valence-electron chi connectivity index (χ4n) is 3.75. The highest BCUT2D eigenvalue weighted by Crippen LogP contribution is 2.35. The maximum atomic E-state index is 13.1. The van der Waals surface area contributed by atoms with Crippen LogP contribution in [0.5, 0.6) is 0 Å². The van der Waals surface area contributed by atoms with E-state index in [0.717, 1.165) is 19.5 Å². The van der Waals surface area contributed by atoms with Gasteiger partial charge in [-0.25, -0.2) is 13.4 Å². The molecule has 138 valence electrons. The topological polar surface area (TPSA) is 75.5 Å². The first kappa shape index (κ1) is 17.2. The van der Waals surface area contributed by atoms with Crippen molar-refractivity contribution in [3.8, 4) is 0 Å². The zero-order valence-corrected chi connectivity index (χ0v) is 15.3. The second-order valence-corrected chi connectivity index (χ2v) is 8.80. The number of nitrogens with zero attached hydrogens (tertiary/aromatic N) is 4. The van der Waals surface area contributed by atoms with Crippen LogP contribution < -0.4 is 0 Å². The molecule has 1 aromatic heterocycles. The fourth-order valence-corrected chi connectivity index (χ4v) is 5.21. The van der Waals surface area contributed by atoms with E-state index >= 15 is 0 Å². The summed E-state index contributed by atoms with van der Waals surface area (Å²) in [6.45, 7) is 2.19. The Morgan fingerprint density at radius 3 is 2.27 bits per heavy atom. The lowest BCUT2D eigenvalue weighted by atomic mass is 9.85. The normalized spacial score (nSPS) is 20.5. The van der Waals surface area contributed by atoms with Gasteiger partial charge in [0.25, 0.3) is 0 Å². The van der Waals surface area contributed by atoms with Crippen molar-refractivity contribution in [2.45, 2.75) is 29.7 Å². The van der Waals surface area contributed by atoms with Gasteiger partial charge in [0.2, 0.25) is 15.9 Å². The molecule has 3 heterocycles. The van der Waals surface area contributed by atoms with Crippen molar-refractivity contribution in [1.82, 2.24) is 18.8 Å². The fraction of sp³-hybridized carbons (Fsp3) is 0.444. The monoisotopic (exact) mass is 374 g/mol. The Labute approximate surface area is 153 Å². The maximum absolute atomic E-state index is 13.1. The molecule has 1 amide bonds. The van der Waals surface area contributed by atoms with Gasteiger partial charge < -0.3 is 9.47 Å². The van der Waals surface area contributed by atoms with Gasteiger partial charge in [-0.1, -0.05) is 18.2 Å². The number of likely N-dealkylation sites (tertiary alicyclic amines) is 1. The molecule has 2 aliphatic heterocycles. The van der Waals surface area contributed by atoms with Crippen LogP contribution in [0.1, 0.15) is 19.3 Å². The number of piperidine rings is 1. The lowest BCUT2D eigenvalue weighted by Gasteiger charge is -2.45. The van der Waals surface area contributed by atoms with Crippen molar-refractivity contribution in [3.63, 3.8) is 0 Å². The van der Waals surface area contributed by atoms with Gasteiger partial charge in [-0.3, -0.25) is 4.79 Å². The number of carbonyl (C=O) groups excluding carboxylic acids is 1. The highest BCUT2D eigenvalue weighted by Gasteiger charge is 2.47. The van der Waals surface area contributed by atoms with Crippen LogP contribution in [-0.2, 0) is 20.4 Å². The molecule has 0 radical (unpaired) electrons. The molecule has 2 aromatic rings. The molecule has 4 rings (SSSR count). The molecule has 0 N–H and O–H groups in total. The van der Waals surface area contributed by atoms with E-state index in [1.165, 1.54) is 4.31 Å². The van der Waals surface area contributed by atoms with E-state index in [1.54, 1.807) is 49.1 Å². The van der Waals surface area contributed by atoms with Crippen molar-refractivity contribution < 1.29 is 13.2 Å². The van der Waals surface area contributed by atoms with Crippen LogP contribution in [-0.4, -0.2) is 59.3 Å². The Kier molecular flexibility index (Phi) is 4.32. The lowest BCUT2D eigenvalue weighted by Crippen LogP contribution is -2.59. The molecule has 0 spiro atoms. The molecule has 0 aliphatic carbocycles. The second-order valence-electron chi connectivity index (χ2n) is 6.86. The minimum absolute atomic E-state index is 0.0820. The van der Waals surface area contributed by atoms with Gasteiger partial charge in [-0.05, 0) is 31.4 Å².